The molecule has 0 aliphatic heterocycles. The smallest absolute Gasteiger partial charge is 0.127 e. The van der Waals surface area contributed by atoms with Gasteiger partial charge in [-0.1, -0.05) is 47.6 Å². The second kappa shape index (κ2) is 6.03. The van der Waals surface area contributed by atoms with Gasteiger partial charge in [0.2, 0.25) is 0 Å². The predicted octanol–water partition coefficient (Wildman–Crippen LogP) is 3.78. The van der Waals surface area contributed by atoms with Crippen molar-refractivity contribution in [2.24, 2.45) is 0 Å². The molecule has 0 aromatic heterocycles. The molecule has 82 valence electrons. The fourth-order valence-corrected chi connectivity index (χ4v) is 1.63. The first-order valence-corrected chi connectivity index (χ1v) is 5.75. The summed E-state index contributed by atoms with van der Waals surface area (Å²) in [4.78, 5) is 0. The molecule has 1 atom stereocenters. The third kappa shape index (κ3) is 3.76. The second-order valence-corrected chi connectivity index (χ2v) is 4.50. The largest absolute Gasteiger partial charge is 0.305 e. The van der Waals surface area contributed by atoms with Crippen LogP contribution < -0.4 is 5.32 Å². The van der Waals surface area contributed by atoms with Crippen molar-refractivity contribution in [3.63, 3.8) is 0 Å². The molecule has 15 heavy (non-hydrogen) atoms. The van der Waals surface area contributed by atoms with Crippen LogP contribution in [0.2, 0.25) is 0 Å². The van der Waals surface area contributed by atoms with E-state index in [-0.39, 0.29) is 11.9 Å². The molecule has 3 heteroatoms. The Hall–Kier alpha value is -0.670. The minimum atomic E-state index is -0.156. The summed E-state index contributed by atoms with van der Waals surface area (Å²) in [6, 6.07) is 6.90. The van der Waals surface area contributed by atoms with Gasteiger partial charge in [-0.05, 0) is 12.5 Å². The van der Waals surface area contributed by atoms with Crippen molar-refractivity contribution < 1.29 is 4.39 Å². The number of benzene rings is 1. The van der Waals surface area contributed by atoms with Crippen molar-refractivity contribution in [2.75, 3.05) is 6.54 Å². The SMILES string of the molecule is C=C(Br)CNC(CC)c1ccccc1F. The maximum atomic E-state index is 13.5. The van der Waals surface area contributed by atoms with Gasteiger partial charge in [0.15, 0.2) is 0 Å². The van der Waals surface area contributed by atoms with E-state index in [4.69, 9.17) is 0 Å². The van der Waals surface area contributed by atoms with E-state index in [1.807, 2.05) is 19.1 Å². The molecule has 0 saturated heterocycles. The monoisotopic (exact) mass is 271 g/mol. The molecule has 0 radical (unpaired) electrons. The number of hydrogen-bond acceptors (Lipinski definition) is 1. The number of rotatable bonds is 5. The summed E-state index contributed by atoms with van der Waals surface area (Å²) in [7, 11) is 0. The molecule has 0 amide bonds. The van der Waals surface area contributed by atoms with Crippen molar-refractivity contribution >= 4 is 15.9 Å². The Morgan fingerprint density at radius 2 is 2.20 bits per heavy atom. The van der Waals surface area contributed by atoms with Crippen molar-refractivity contribution in [1.29, 1.82) is 0 Å². The highest BCUT2D eigenvalue weighted by Gasteiger charge is 2.12. The molecule has 0 spiro atoms. The van der Waals surface area contributed by atoms with E-state index in [0.717, 1.165) is 10.9 Å². The lowest BCUT2D eigenvalue weighted by Crippen LogP contribution is -2.22. The quantitative estimate of drug-likeness (QED) is 0.860. The summed E-state index contributed by atoms with van der Waals surface area (Å²) >= 11 is 3.27. The summed E-state index contributed by atoms with van der Waals surface area (Å²) in [5.41, 5.74) is 0.716. The lowest BCUT2D eigenvalue weighted by atomic mass is 10.0. The van der Waals surface area contributed by atoms with Gasteiger partial charge in [0.1, 0.15) is 5.82 Å². The van der Waals surface area contributed by atoms with Crippen molar-refractivity contribution in [2.45, 2.75) is 19.4 Å². The fraction of sp³-hybridized carbons (Fsp3) is 0.333. The third-order valence-electron chi connectivity index (χ3n) is 2.23. The van der Waals surface area contributed by atoms with Crippen LogP contribution in [0.4, 0.5) is 4.39 Å². The molecule has 1 aromatic rings. The Labute approximate surface area is 98.5 Å². The van der Waals surface area contributed by atoms with E-state index in [1.165, 1.54) is 6.07 Å². The first-order chi connectivity index (χ1) is 7.15. The highest BCUT2D eigenvalue weighted by atomic mass is 79.9. The molecule has 0 saturated carbocycles. The van der Waals surface area contributed by atoms with Gasteiger partial charge in [-0.2, -0.15) is 0 Å². The van der Waals surface area contributed by atoms with Gasteiger partial charge in [0, 0.05) is 22.6 Å². The Balaban J connectivity index is 2.74. The molecule has 1 rings (SSSR count). The molecule has 0 aliphatic rings. The van der Waals surface area contributed by atoms with Gasteiger partial charge < -0.3 is 5.32 Å². The van der Waals surface area contributed by atoms with Crippen LogP contribution in [0.15, 0.2) is 35.3 Å². The van der Waals surface area contributed by atoms with Gasteiger partial charge in [-0.15, -0.1) is 0 Å². The van der Waals surface area contributed by atoms with Gasteiger partial charge in [0.05, 0.1) is 0 Å². The van der Waals surface area contributed by atoms with Crippen LogP contribution in [0.1, 0.15) is 24.9 Å². The zero-order chi connectivity index (χ0) is 11.3. The van der Waals surface area contributed by atoms with Crippen molar-refractivity contribution in [1.82, 2.24) is 5.32 Å². The number of hydrogen-bond donors (Lipinski definition) is 1. The number of halogens is 2. The molecule has 1 N–H and O–H groups in total. The molecular weight excluding hydrogens is 257 g/mol. The standard InChI is InChI=1S/C12H15BrFN/c1-3-12(15-8-9(2)13)10-6-4-5-7-11(10)14/h4-7,12,15H,2-3,8H2,1H3. The Morgan fingerprint density at radius 1 is 1.53 bits per heavy atom. The van der Waals surface area contributed by atoms with E-state index in [1.54, 1.807) is 6.07 Å². The van der Waals surface area contributed by atoms with E-state index in [9.17, 15) is 4.39 Å². The van der Waals surface area contributed by atoms with E-state index < -0.39 is 0 Å². The molecule has 1 unspecified atom stereocenters. The fourth-order valence-electron chi connectivity index (χ4n) is 1.47. The molecular formula is C12H15BrFN. The lowest BCUT2D eigenvalue weighted by Gasteiger charge is -2.17. The van der Waals surface area contributed by atoms with Gasteiger partial charge in [-0.3, -0.25) is 0 Å². The molecule has 1 aromatic carbocycles. The van der Waals surface area contributed by atoms with Crippen molar-refractivity contribution in [3.8, 4) is 0 Å². The maximum Gasteiger partial charge on any atom is 0.127 e. The summed E-state index contributed by atoms with van der Waals surface area (Å²) in [5.74, 6) is -0.156. The van der Waals surface area contributed by atoms with Gasteiger partial charge in [0.25, 0.3) is 0 Å². The van der Waals surface area contributed by atoms with Crippen LogP contribution in [0.5, 0.6) is 0 Å². The highest BCUT2D eigenvalue weighted by Crippen LogP contribution is 2.20. The van der Waals surface area contributed by atoms with Gasteiger partial charge >= 0.3 is 0 Å². The topological polar surface area (TPSA) is 12.0 Å². The normalized spacial score (nSPS) is 12.5. The lowest BCUT2D eigenvalue weighted by molar-refractivity contribution is 0.509. The van der Waals surface area contributed by atoms with Crippen LogP contribution >= 0.6 is 15.9 Å². The van der Waals surface area contributed by atoms with Crippen LogP contribution in [-0.2, 0) is 0 Å². The Kier molecular flexibility index (Phi) is 4.99. The minimum Gasteiger partial charge on any atom is -0.305 e. The van der Waals surface area contributed by atoms with E-state index >= 15 is 0 Å². The maximum absolute atomic E-state index is 13.5. The van der Waals surface area contributed by atoms with Crippen LogP contribution in [0.3, 0.4) is 0 Å². The van der Waals surface area contributed by atoms with Crippen LogP contribution in [0.25, 0.3) is 0 Å². The summed E-state index contributed by atoms with van der Waals surface area (Å²) in [5, 5.41) is 3.24. The molecule has 0 fully saturated rings. The molecule has 0 bridgehead atoms. The molecule has 1 nitrogen and oxygen atoms in total. The highest BCUT2D eigenvalue weighted by molar-refractivity contribution is 9.11. The van der Waals surface area contributed by atoms with Crippen LogP contribution in [0, 0.1) is 5.82 Å². The molecule has 0 heterocycles. The minimum absolute atomic E-state index is 0.0421. The zero-order valence-corrected chi connectivity index (χ0v) is 10.3. The average molecular weight is 272 g/mol. The summed E-state index contributed by atoms with van der Waals surface area (Å²) < 4.78 is 14.3. The average Bonchev–Trinajstić information content (AvgIpc) is 2.21. The first-order valence-electron chi connectivity index (χ1n) is 4.96. The second-order valence-electron chi connectivity index (χ2n) is 3.38. The zero-order valence-electron chi connectivity index (χ0n) is 8.76. The van der Waals surface area contributed by atoms with E-state index in [2.05, 4.69) is 27.8 Å². The number of nitrogens with one attached hydrogen (secondary N) is 1. The molecule has 0 aliphatic carbocycles. The van der Waals surface area contributed by atoms with Crippen LogP contribution in [-0.4, -0.2) is 6.54 Å². The summed E-state index contributed by atoms with van der Waals surface area (Å²) in [6.45, 7) is 6.41. The van der Waals surface area contributed by atoms with Crippen molar-refractivity contribution in [3.05, 3.63) is 46.7 Å². The third-order valence-corrected chi connectivity index (χ3v) is 2.51. The Bertz CT molecular complexity index is 338. The first kappa shape index (κ1) is 12.4. The predicted molar refractivity (Wildman–Crippen MR) is 65.5 cm³/mol. The van der Waals surface area contributed by atoms with Gasteiger partial charge in [-0.25, -0.2) is 4.39 Å². The van der Waals surface area contributed by atoms with E-state index in [0.29, 0.717) is 12.1 Å². The summed E-state index contributed by atoms with van der Waals surface area (Å²) in [6.07, 6.45) is 0.848. The Morgan fingerprint density at radius 3 is 2.73 bits per heavy atom.